The maximum absolute atomic E-state index is 13.4. The van der Waals surface area contributed by atoms with Gasteiger partial charge < -0.3 is 14.5 Å². The molecule has 1 atom stereocenters. The summed E-state index contributed by atoms with van der Waals surface area (Å²) < 4.78 is 8.02. The van der Waals surface area contributed by atoms with Crippen LogP contribution in [-0.2, 0) is 11.3 Å². The van der Waals surface area contributed by atoms with Gasteiger partial charge in [-0.1, -0.05) is 17.7 Å². The lowest BCUT2D eigenvalue weighted by Gasteiger charge is -2.43. The summed E-state index contributed by atoms with van der Waals surface area (Å²) in [5.74, 6) is 0.764. The van der Waals surface area contributed by atoms with Crippen LogP contribution in [0, 0.1) is 12.3 Å². The molecule has 2 aromatic rings. The molecule has 0 aliphatic carbocycles. The number of carbonyl (C=O) groups is 2. The molecule has 0 radical (unpaired) electrons. The number of aryl methyl sites for hydroxylation is 2. The molecule has 1 aromatic carbocycles. The second-order valence-electron chi connectivity index (χ2n) is 9.68. The van der Waals surface area contributed by atoms with Crippen LogP contribution in [0.25, 0.3) is 0 Å². The van der Waals surface area contributed by atoms with Crippen molar-refractivity contribution in [2.45, 2.75) is 58.9 Å². The summed E-state index contributed by atoms with van der Waals surface area (Å²) >= 11 is 6.14. The SMILES string of the molecule is CCn1nc(C(=O)N2CCC[C@](COc3cccc(Cl)c3)(CC(=O)N3CCCCC3)C2)cc1C. The molecule has 34 heavy (non-hydrogen) atoms. The largest absolute Gasteiger partial charge is 0.493 e. The maximum Gasteiger partial charge on any atom is 0.274 e. The first-order valence-corrected chi connectivity index (χ1v) is 12.8. The first kappa shape index (κ1) is 24.6. The van der Waals surface area contributed by atoms with Gasteiger partial charge in [0.25, 0.3) is 5.91 Å². The van der Waals surface area contributed by atoms with E-state index in [0.717, 1.165) is 51.0 Å². The van der Waals surface area contributed by atoms with E-state index in [1.807, 2.05) is 52.6 Å². The van der Waals surface area contributed by atoms with Gasteiger partial charge in [0.1, 0.15) is 5.75 Å². The number of rotatable bonds is 7. The molecular formula is C26H35ClN4O3. The summed E-state index contributed by atoms with van der Waals surface area (Å²) in [7, 11) is 0. The number of ether oxygens (including phenoxy) is 1. The van der Waals surface area contributed by atoms with Crippen LogP contribution in [0.3, 0.4) is 0 Å². The van der Waals surface area contributed by atoms with E-state index in [0.29, 0.717) is 42.6 Å². The van der Waals surface area contributed by atoms with E-state index in [9.17, 15) is 9.59 Å². The fourth-order valence-corrected chi connectivity index (χ4v) is 5.34. The maximum atomic E-state index is 13.4. The van der Waals surface area contributed by atoms with Crippen molar-refractivity contribution in [3.8, 4) is 5.75 Å². The number of carbonyl (C=O) groups excluding carboxylic acids is 2. The van der Waals surface area contributed by atoms with Crippen molar-refractivity contribution < 1.29 is 14.3 Å². The number of aromatic nitrogens is 2. The number of amides is 2. The molecule has 2 fully saturated rings. The molecule has 3 heterocycles. The van der Waals surface area contributed by atoms with E-state index in [-0.39, 0.29) is 11.8 Å². The predicted molar refractivity (Wildman–Crippen MR) is 132 cm³/mol. The van der Waals surface area contributed by atoms with Crippen molar-refractivity contribution in [2.24, 2.45) is 5.41 Å². The Morgan fingerprint density at radius 2 is 1.85 bits per heavy atom. The molecule has 2 aliphatic heterocycles. The Morgan fingerprint density at radius 1 is 1.09 bits per heavy atom. The third kappa shape index (κ3) is 5.74. The van der Waals surface area contributed by atoms with Crippen molar-refractivity contribution in [3.05, 3.63) is 46.7 Å². The molecule has 1 aromatic heterocycles. The summed E-state index contributed by atoms with van der Waals surface area (Å²) in [4.78, 5) is 30.5. The fourth-order valence-electron chi connectivity index (χ4n) is 5.16. The number of piperidine rings is 2. The first-order valence-electron chi connectivity index (χ1n) is 12.4. The molecule has 184 valence electrons. The van der Waals surface area contributed by atoms with Crippen LogP contribution >= 0.6 is 11.6 Å². The third-order valence-electron chi connectivity index (χ3n) is 7.02. The zero-order valence-corrected chi connectivity index (χ0v) is 21.0. The van der Waals surface area contributed by atoms with Gasteiger partial charge in [0, 0.05) is 55.3 Å². The third-order valence-corrected chi connectivity index (χ3v) is 7.26. The van der Waals surface area contributed by atoms with Crippen LogP contribution in [0.2, 0.25) is 5.02 Å². The Kier molecular flexibility index (Phi) is 7.81. The number of likely N-dealkylation sites (tertiary alicyclic amines) is 2. The lowest BCUT2D eigenvalue weighted by Crippen LogP contribution is -2.51. The van der Waals surface area contributed by atoms with Gasteiger partial charge in [-0.05, 0) is 70.2 Å². The fraction of sp³-hybridized carbons (Fsp3) is 0.577. The zero-order chi connectivity index (χ0) is 24.1. The van der Waals surface area contributed by atoms with E-state index < -0.39 is 5.41 Å². The molecule has 0 bridgehead atoms. The molecule has 7 nitrogen and oxygen atoms in total. The van der Waals surface area contributed by atoms with E-state index in [1.165, 1.54) is 6.42 Å². The van der Waals surface area contributed by atoms with Crippen LogP contribution in [0.5, 0.6) is 5.75 Å². The number of halogens is 1. The highest BCUT2D eigenvalue weighted by molar-refractivity contribution is 6.30. The Labute approximate surface area is 207 Å². The van der Waals surface area contributed by atoms with Gasteiger partial charge in [0.05, 0.1) is 6.61 Å². The molecule has 0 saturated carbocycles. The van der Waals surface area contributed by atoms with Gasteiger partial charge in [-0.2, -0.15) is 5.10 Å². The van der Waals surface area contributed by atoms with E-state index in [4.69, 9.17) is 16.3 Å². The Bertz CT molecular complexity index is 1020. The summed E-state index contributed by atoms with van der Waals surface area (Å²) in [6, 6.07) is 9.17. The molecule has 0 spiro atoms. The van der Waals surface area contributed by atoms with Gasteiger partial charge >= 0.3 is 0 Å². The molecule has 2 aliphatic rings. The van der Waals surface area contributed by atoms with Crippen LogP contribution < -0.4 is 4.74 Å². The van der Waals surface area contributed by atoms with Crippen molar-refractivity contribution >= 4 is 23.4 Å². The average Bonchev–Trinajstić information content (AvgIpc) is 3.23. The minimum absolute atomic E-state index is 0.0763. The Balaban J connectivity index is 1.53. The minimum Gasteiger partial charge on any atom is -0.493 e. The number of nitrogens with zero attached hydrogens (tertiary/aromatic N) is 4. The van der Waals surface area contributed by atoms with Crippen molar-refractivity contribution in [3.63, 3.8) is 0 Å². The van der Waals surface area contributed by atoms with Crippen LogP contribution in [-0.4, -0.2) is 64.2 Å². The van der Waals surface area contributed by atoms with Gasteiger partial charge in [-0.15, -0.1) is 0 Å². The second kappa shape index (κ2) is 10.8. The molecule has 2 saturated heterocycles. The highest BCUT2D eigenvalue weighted by Gasteiger charge is 2.41. The van der Waals surface area contributed by atoms with E-state index >= 15 is 0 Å². The van der Waals surface area contributed by atoms with Crippen LogP contribution in [0.1, 0.15) is 61.6 Å². The summed E-state index contributed by atoms with van der Waals surface area (Å²) in [6.45, 7) is 7.84. The quantitative estimate of drug-likeness (QED) is 0.575. The molecular weight excluding hydrogens is 452 g/mol. The lowest BCUT2D eigenvalue weighted by molar-refractivity contribution is -0.136. The van der Waals surface area contributed by atoms with Gasteiger partial charge in [-0.3, -0.25) is 14.3 Å². The number of benzene rings is 1. The number of hydrogen-bond acceptors (Lipinski definition) is 4. The molecule has 0 unspecified atom stereocenters. The smallest absolute Gasteiger partial charge is 0.274 e. The summed E-state index contributed by atoms with van der Waals surface area (Å²) in [6.07, 6.45) is 5.33. The van der Waals surface area contributed by atoms with Crippen LogP contribution in [0.4, 0.5) is 0 Å². The predicted octanol–water partition coefficient (Wildman–Crippen LogP) is 4.57. The van der Waals surface area contributed by atoms with E-state index in [1.54, 1.807) is 6.07 Å². The van der Waals surface area contributed by atoms with Crippen LogP contribution in [0.15, 0.2) is 30.3 Å². The monoisotopic (exact) mass is 486 g/mol. The number of hydrogen-bond donors (Lipinski definition) is 0. The molecule has 2 amide bonds. The first-order chi connectivity index (χ1) is 16.4. The van der Waals surface area contributed by atoms with Crippen molar-refractivity contribution in [1.82, 2.24) is 19.6 Å². The summed E-state index contributed by atoms with van der Waals surface area (Å²) in [5, 5.41) is 5.10. The van der Waals surface area contributed by atoms with Gasteiger partial charge in [0.2, 0.25) is 5.91 Å². The molecule has 0 N–H and O–H groups in total. The Hall–Kier alpha value is -2.54. The highest BCUT2D eigenvalue weighted by atomic mass is 35.5. The topological polar surface area (TPSA) is 67.7 Å². The van der Waals surface area contributed by atoms with Crippen molar-refractivity contribution in [1.29, 1.82) is 0 Å². The minimum atomic E-state index is -0.451. The molecule has 8 heteroatoms. The Morgan fingerprint density at radius 3 is 2.56 bits per heavy atom. The highest BCUT2D eigenvalue weighted by Crippen LogP contribution is 2.36. The normalized spacial score (nSPS) is 20.9. The standard InChI is InChI=1S/C26H35ClN4O3/c1-3-31-20(2)15-23(28-31)25(33)30-14-8-11-26(18-30,17-24(32)29-12-5-4-6-13-29)19-34-22-10-7-9-21(27)16-22/h7,9-10,15-16H,3-6,8,11-14,17-19H2,1-2H3/t26-/m0/s1. The van der Waals surface area contributed by atoms with Gasteiger partial charge in [-0.25, -0.2) is 0 Å². The second-order valence-corrected chi connectivity index (χ2v) is 10.1. The molecule has 4 rings (SSSR count). The average molecular weight is 487 g/mol. The zero-order valence-electron chi connectivity index (χ0n) is 20.3. The van der Waals surface area contributed by atoms with Gasteiger partial charge in [0.15, 0.2) is 5.69 Å². The summed E-state index contributed by atoms with van der Waals surface area (Å²) in [5.41, 5.74) is 0.986. The van der Waals surface area contributed by atoms with Crippen molar-refractivity contribution in [2.75, 3.05) is 32.8 Å². The lowest BCUT2D eigenvalue weighted by atomic mass is 9.77. The van der Waals surface area contributed by atoms with E-state index in [2.05, 4.69) is 5.10 Å².